The average Bonchev–Trinajstić information content (AvgIpc) is 2.44. The van der Waals surface area contributed by atoms with Crippen LogP contribution in [0.2, 0.25) is 0 Å². The van der Waals surface area contributed by atoms with Crippen molar-refractivity contribution < 1.29 is 8.78 Å². The first kappa shape index (κ1) is 9.08. The van der Waals surface area contributed by atoms with Crippen LogP contribution in [0.1, 0.15) is 5.82 Å². The van der Waals surface area contributed by atoms with Gasteiger partial charge in [0.15, 0.2) is 5.82 Å². The van der Waals surface area contributed by atoms with Gasteiger partial charge in [-0.05, 0) is 6.07 Å². The maximum atomic E-state index is 13.2. The van der Waals surface area contributed by atoms with Crippen LogP contribution in [0.25, 0.3) is 11.0 Å². The third kappa shape index (κ3) is 1.17. The lowest BCUT2D eigenvalue weighted by molar-refractivity contribution is 0.590. The highest BCUT2D eigenvalue weighted by Gasteiger charge is 2.11. The van der Waals surface area contributed by atoms with Crippen molar-refractivity contribution >= 4 is 11.0 Å². The van der Waals surface area contributed by atoms with Gasteiger partial charge in [0.05, 0.1) is 12.1 Å². The number of hydrogen-bond donors (Lipinski definition) is 1. The Morgan fingerprint density at radius 1 is 1.43 bits per heavy atom. The normalized spacial score (nSPS) is 11.1. The SMILES string of the molecule is Cn1c(CN)nc2c(F)cc(F)cc21. The molecular weight excluding hydrogens is 188 g/mol. The molecule has 0 unspecified atom stereocenters. The summed E-state index contributed by atoms with van der Waals surface area (Å²) in [6.07, 6.45) is 0. The summed E-state index contributed by atoms with van der Waals surface area (Å²) in [7, 11) is 1.68. The number of hydrogen-bond acceptors (Lipinski definition) is 2. The molecule has 0 amide bonds. The van der Waals surface area contributed by atoms with Crippen molar-refractivity contribution in [1.29, 1.82) is 0 Å². The predicted octanol–water partition coefficient (Wildman–Crippen LogP) is 1.31. The van der Waals surface area contributed by atoms with Crippen LogP contribution in [0, 0.1) is 11.6 Å². The van der Waals surface area contributed by atoms with Crippen molar-refractivity contribution in [2.24, 2.45) is 12.8 Å². The van der Waals surface area contributed by atoms with Crippen LogP contribution in [0.3, 0.4) is 0 Å². The summed E-state index contributed by atoms with van der Waals surface area (Å²) < 4.78 is 27.7. The van der Waals surface area contributed by atoms with Crippen LogP contribution >= 0.6 is 0 Å². The number of imidazole rings is 1. The molecule has 1 aromatic heterocycles. The average molecular weight is 197 g/mol. The summed E-state index contributed by atoms with van der Waals surface area (Å²) in [5, 5.41) is 0. The third-order valence-electron chi connectivity index (χ3n) is 2.18. The number of aromatic nitrogens is 2. The molecule has 0 atom stereocenters. The molecule has 0 radical (unpaired) electrons. The van der Waals surface area contributed by atoms with Gasteiger partial charge >= 0.3 is 0 Å². The quantitative estimate of drug-likeness (QED) is 0.749. The molecule has 0 spiro atoms. The van der Waals surface area contributed by atoms with Gasteiger partial charge in [0.25, 0.3) is 0 Å². The molecule has 2 aromatic rings. The molecule has 5 heteroatoms. The minimum atomic E-state index is -0.657. The number of rotatable bonds is 1. The first-order valence-corrected chi connectivity index (χ1v) is 4.14. The third-order valence-corrected chi connectivity index (χ3v) is 2.18. The standard InChI is InChI=1S/C9H9F2N3/c1-14-7-3-5(10)2-6(11)9(7)13-8(14)4-12/h2-3H,4,12H2,1H3. The Bertz CT molecular complexity index is 490. The minimum Gasteiger partial charge on any atom is -0.330 e. The van der Waals surface area contributed by atoms with Crippen LogP contribution in [0.5, 0.6) is 0 Å². The van der Waals surface area contributed by atoms with E-state index in [9.17, 15) is 8.78 Å². The molecule has 14 heavy (non-hydrogen) atoms. The number of benzene rings is 1. The second-order valence-electron chi connectivity index (χ2n) is 3.05. The summed E-state index contributed by atoms with van der Waals surface area (Å²) in [5.41, 5.74) is 5.98. The molecule has 0 bridgehead atoms. The monoisotopic (exact) mass is 197 g/mol. The lowest BCUT2D eigenvalue weighted by Gasteiger charge is -1.98. The molecular formula is C9H9F2N3. The topological polar surface area (TPSA) is 43.8 Å². The molecule has 0 aliphatic carbocycles. The second kappa shape index (κ2) is 3.02. The molecule has 0 aliphatic heterocycles. The zero-order valence-electron chi connectivity index (χ0n) is 7.59. The van der Waals surface area contributed by atoms with E-state index in [1.807, 2.05) is 0 Å². The molecule has 2 rings (SSSR count). The second-order valence-corrected chi connectivity index (χ2v) is 3.05. The van der Waals surface area contributed by atoms with Crippen LogP contribution in [0.15, 0.2) is 12.1 Å². The molecule has 2 N–H and O–H groups in total. The molecule has 0 fully saturated rings. The van der Waals surface area contributed by atoms with E-state index in [-0.39, 0.29) is 12.1 Å². The fraction of sp³-hybridized carbons (Fsp3) is 0.222. The van der Waals surface area contributed by atoms with Crippen molar-refractivity contribution in [1.82, 2.24) is 9.55 Å². The zero-order valence-corrected chi connectivity index (χ0v) is 7.59. The fourth-order valence-electron chi connectivity index (χ4n) is 1.44. The summed E-state index contributed by atoms with van der Waals surface area (Å²) in [4.78, 5) is 3.97. The van der Waals surface area contributed by atoms with Crippen molar-refractivity contribution in [3.8, 4) is 0 Å². The first-order valence-electron chi connectivity index (χ1n) is 4.14. The first-order chi connectivity index (χ1) is 6.63. The molecule has 0 saturated heterocycles. The van der Waals surface area contributed by atoms with E-state index in [1.54, 1.807) is 11.6 Å². The summed E-state index contributed by atoms with van der Waals surface area (Å²) in [6.45, 7) is 0.201. The number of fused-ring (bicyclic) bond motifs is 1. The van der Waals surface area contributed by atoms with Gasteiger partial charge in [0.2, 0.25) is 0 Å². The van der Waals surface area contributed by atoms with Gasteiger partial charge in [-0.3, -0.25) is 0 Å². The number of nitrogens with two attached hydrogens (primary N) is 1. The van der Waals surface area contributed by atoms with Crippen LogP contribution in [-0.4, -0.2) is 9.55 Å². The molecule has 0 aliphatic rings. The number of aryl methyl sites for hydroxylation is 1. The maximum absolute atomic E-state index is 13.2. The summed E-state index contributed by atoms with van der Waals surface area (Å²) >= 11 is 0. The highest BCUT2D eigenvalue weighted by atomic mass is 19.1. The van der Waals surface area contributed by atoms with Crippen molar-refractivity contribution in [3.05, 3.63) is 29.6 Å². The zero-order chi connectivity index (χ0) is 10.3. The van der Waals surface area contributed by atoms with E-state index >= 15 is 0 Å². The van der Waals surface area contributed by atoms with E-state index in [2.05, 4.69) is 4.98 Å². The van der Waals surface area contributed by atoms with E-state index in [0.29, 0.717) is 11.3 Å². The van der Waals surface area contributed by atoms with Crippen LogP contribution in [-0.2, 0) is 13.6 Å². The van der Waals surface area contributed by atoms with Crippen molar-refractivity contribution in [2.45, 2.75) is 6.54 Å². The van der Waals surface area contributed by atoms with Crippen LogP contribution in [0.4, 0.5) is 8.78 Å². The Kier molecular flexibility index (Phi) is 1.96. The Balaban J connectivity index is 2.85. The van der Waals surface area contributed by atoms with Gasteiger partial charge in [-0.25, -0.2) is 13.8 Å². The van der Waals surface area contributed by atoms with Gasteiger partial charge in [-0.1, -0.05) is 0 Å². The van der Waals surface area contributed by atoms with Crippen molar-refractivity contribution in [2.75, 3.05) is 0 Å². The molecule has 1 heterocycles. The Hall–Kier alpha value is -1.49. The smallest absolute Gasteiger partial charge is 0.153 e. The van der Waals surface area contributed by atoms with Crippen LogP contribution < -0.4 is 5.73 Å². The maximum Gasteiger partial charge on any atom is 0.153 e. The Morgan fingerprint density at radius 3 is 2.79 bits per heavy atom. The van der Waals surface area contributed by atoms with E-state index in [1.165, 1.54) is 6.07 Å². The lowest BCUT2D eigenvalue weighted by atomic mass is 10.3. The molecule has 74 valence electrons. The summed E-state index contributed by atoms with van der Waals surface area (Å²) in [5.74, 6) is -0.735. The van der Waals surface area contributed by atoms with E-state index < -0.39 is 11.6 Å². The molecule has 3 nitrogen and oxygen atoms in total. The minimum absolute atomic E-state index is 0.161. The highest BCUT2D eigenvalue weighted by molar-refractivity contribution is 5.76. The predicted molar refractivity (Wildman–Crippen MR) is 48.5 cm³/mol. The molecule has 0 saturated carbocycles. The van der Waals surface area contributed by atoms with E-state index in [4.69, 9.17) is 5.73 Å². The van der Waals surface area contributed by atoms with Gasteiger partial charge in [0.1, 0.15) is 17.2 Å². The Morgan fingerprint density at radius 2 is 2.14 bits per heavy atom. The largest absolute Gasteiger partial charge is 0.330 e. The van der Waals surface area contributed by atoms with E-state index in [0.717, 1.165) is 6.07 Å². The van der Waals surface area contributed by atoms with Gasteiger partial charge in [-0.15, -0.1) is 0 Å². The number of halogens is 2. The fourth-order valence-corrected chi connectivity index (χ4v) is 1.44. The van der Waals surface area contributed by atoms with Gasteiger partial charge < -0.3 is 10.3 Å². The number of nitrogens with zero attached hydrogens (tertiary/aromatic N) is 2. The lowest BCUT2D eigenvalue weighted by Crippen LogP contribution is -2.04. The summed E-state index contributed by atoms with van der Waals surface area (Å²) in [6, 6.07) is 2.06. The van der Waals surface area contributed by atoms with Crippen molar-refractivity contribution in [3.63, 3.8) is 0 Å². The Labute approximate surface area is 79.2 Å². The van der Waals surface area contributed by atoms with Gasteiger partial charge in [0, 0.05) is 13.1 Å². The molecule has 1 aromatic carbocycles. The van der Waals surface area contributed by atoms with Gasteiger partial charge in [-0.2, -0.15) is 0 Å². The highest BCUT2D eigenvalue weighted by Crippen LogP contribution is 2.19.